The lowest BCUT2D eigenvalue weighted by atomic mass is 10.1. The maximum atomic E-state index is 11.2. The van der Waals surface area contributed by atoms with E-state index in [0.29, 0.717) is 11.1 Å². The maximum absolute atomic E-state index is 11.2. The monoisotopic (exact) mass is 234 g/mol. The Balaban J connectivity index is 2.48. The van der Waals surface area contributed by atoms with Gasteiger partial charge >= 0.3 is 5.97 Å². The van der Waals surface area contributed by atoms with Gasteiger partial charge in [0.2, 0.25) is 0 Å². The second-order valence-corrected chi connectivity index (χ2v) is 3.96. The van der Waals surface area contributed by atoms with Crippen molar-refractivity contribution in [1.82, 2.24) is 0 Å². The molecule has 1 N–H and O–H groups in total. The van der Waals surface area contributed by atoms with E-state index in [2.05, 4.69) is 4.74 Å². The molecule has 1 atom stereocenters. The third-order valence-electron chi connectivity index (χ3n) is 2.94. The number of fused-ring (bicyclic) bond motifs is 1. The topological polar surface area (TPSA) is 59.7 Å². The van der Waals surface area contributed by atoms with Gasteiger partial charge in [-0.1, -0.05) is 12.1 Å². The van der Waals surface area contributed by atoms with Crippen LogP contribution in [0, 0.1) is 13.8 Å². The van der Waals surface area contributed by atoms with Crippen molar-refractivity contribution in [2.75, 3.05) is 7.11 Å². The van der Waals surface area contributed by atoms with Crippen LogP contribution in [0.3, 0.4) is 0 Å². The number of ether oxygens (including phenoxy) is 1. The van der Waals surface area contributed by atoms with Gasteiger partial charge in [0.1, 0.15) is 11.3 Å². The van der Waals surface area contributed by atoms with E-state index >= 15 is 0 Å². The zero-order chi connectivity index (χ0) is 12.6. The standard InChI is InChI=1S/C13H14O4/c1-7-8(2)17-11-6-9(4-5-10(7)11)12(14)13(15)16-3/h4-6,12,14H,1-3H3. The lowest BCUT2D eigenvalue weighted by Gasteiger charge is -2.07. The largest absolute Gasteiger partial charge is 0.467 e. The SMILES string of the molecule is COC(=O)C(O)c1ccc2c(C)c(C)oc2c1. The van der Waals surface area contributed by atoms with Crippen LogP contribution in [0.15, 0.2) is 22.6 Å². The number of methoxy groups -OCH3 is 1. The van der Waals surface area contributed by atoms with E-state index in [4.69, 9.17) is 4.42 Å². The first-order chi connectivity index (χ1) is 8.04. The van der Waals surface area contributed by atoms with E-state index in [1.165, 1.54) is 7.11 Å². The summed E-state index contributed by atoms with van der Waals surface area (Å²) in [5.41, 5.74) is 2.21. The minimum absolute atomic E-state index is 0.470. The summed E-state index contributed by atoms with van der Waals surface area (Å²) in [7, 11) is 1.24. The van der Waals surface area contributed by atoms with Crippen LogP contribution in [0.1, 0.15) is 23.0 Å². The number of furan rings is 1. The first-order valence-electron chi connectivity index (χ1n) is 5.30. The van der Waals surface area contributed by atoms with Gasteiger partial charge in [-0.2, -0.15) is 0 Å². The molecule has 1 aromatic carbocycles. The Hall–Kier alpha value is -1.81. The Morgan fingerprint density at radius 3 is 2.76 bits per heavy atom. The van der Waals surface area contributed by atoms with Crippen molar-refractivity contribution in [3.63, 3.8) is 0 Å². The highest BCUT2D eigenvalue weighted by atomic mass is 16.5. The fourth-order valence-electron chi connectivity index (χ4n) is 1.78. The number of esters is 1. The summed E-state index contributed by atoms with van der Waals surface area (Å²) in [5, 5.41) is 10.7. The molecular formula is C13H14O4. The number of rotatable bonds is 2. The number of aliphatic hydroxyl groups is 1. The molecule has 90 valence electrons. The summed E-state index contributed by atoms with van der Waals surface area (Å²) in [6, 6.07) is 5.20. The van der Waals surface area contributed by atoms with Crippen LogP contribution in [0.5, 0.6) is 0 Å². The first kappa shape index (κ1) is 11.7. The van der Waals surface area contributed by atoms with Crippen LogP contribution < -0.4 is 0 Å². The first-order valence-corrected chi connectivity index (χ1v) is 5.30. The Bertz CT molecular complexity index is 568. The zero-order valence-electron chi connectivity index (χ0n) is 9.98. The predicted octanol–water partition coefficient (Wildman–Crippen LogP) is 2.26. The van der Waals surface area contributed by atoms with Crippen molar-refractivity contribution < 1.29 is 19.1 Å². The molecule has 2 rings (SSSR count). The Kier molecular flexibility index (Phi) is 2.90. The average Bonchev–Trinajstić information content (AvgIpc) is 2.62. The van der Waals surface area contributed by atoms with Crippen molar-refractivity contribution in [3.05, 3.63) is 35.1 Å². The van der Waals surface area contributed by atoms with Crippen molar-refractivity contribution in [1.29, 1.82) is 0 Å². The van der Waals surface area contributed by atoms with Gasteiger partial charge in [-0.15, -0.1) is 0 Å². The van der Waals surface area contributed by atoms with Gasteiger partial charge in [0.05, 0.1) is 7.11 Å². The van der Waals surface area contributed by atoms with Gasteiger partial charge in [-0.25, -0.2) is 4.79 Å². The highest BCUT2D eigenvalue weighted by Crippen LogP contribution is 2.27. The molecule has 0 saturated carbocycles. The molecule has 1 aromatic heterocycles. The van der Waals surface area contributed by atoms with Crippen LogP contribution in [-0.4, -0.2) is 18.2 Å². The van der Waals surface area contributed by atoms with E-state index in [0.717, 1.165) is 16.7 Å². The van der Waals surface area contributed by atoms with Gasteiger partial charge in [0.15, 0.2) is 6.10 Å². The van der Waals surface area contributed by atoms with E-state index in [1.54, 1.807) is 12.1 Å². The van der Waals surface area contributed by atoms with Crippen molar-refractivity contribution in [3.8, 4) is 0 Å². The van der Waals surface area contributed by atoms with Crippen LogP contribution >= 0.6 is 0 Å². The highest BCUT2D eigenvalue weighted by Gasteiger charge is 2.19. The third kappa shape index (κ3) is 1.91. The Labute approximate surface area is 98.8 Å². The zero-order valence-corrected chi connectivity index (χ0v) is 9.98. The Morgan fingerprint density at radius 1 is 1.41 bits per heavy atom. The molecule has 2 aromatic rings. The van der Waals surface area contributed by atoms with E-state index in [1.807, 2.05) is 19.9 Å². The summed E-state index contributed by atoms with van der Waals surface area (Å²) in [4.78, 5) is 11.2. The highest BCUT2D eigenvalue weighted by molar-refractivity contribution is 5.84. The van der Waals surface area contributed by atoms with E-state index in [-0.39, 0.29) is 0 Å². The van der Waals surface area contributed by atoms with Gasteiger partial charge in [-0.05, 0) is 31.0 Å². The normalized spacial score (nSPS) is 12.7. The van der Waals surface area contributed by atoms with Gasteiger partial charge in [-0.3, -0.25) is 0 Å². The molecule has 1 heterocycles. The number of hydrogen-bond donors (Lipinski definition) is 1. The molecule has 0 fully saturated rings. The van der Waals surface area contributed by atoms with Crippen molar-refractivity contribution in [2.45, 2.75) is 20.0 Å². The number of aliphatic hydroxyl groups excluding tert-OH is 1. The Morgan fingerprint density at radius 2 is 2.12 bits per heavy atom. The molecule has 1 unspecified atom stereocenters. The quantitative estimate of drug-likeness (QED) is 0.810. The third-order valence-corrected chi connectivity index (χ3v) is 2.94. The van der Waals surface area contributed by atoms with Crippen LogP contribution in [0.4, 0.5) is 0 Å². The second kappa shape index (κ2) is 4.22. The van der Waals surface area contributed by atoms with Crippen LogP contribution in [0.2, 0.25) is 0 Å². The summed E-state index contributed by atoms with van der Waals surface area (Å²) in [5.74, 6) is 0.161. The molecule has 17 heavy (non-hydrogen) atoms. The van der Waals surface area contributed by atoms with E-state index in [9.17, 15) is 9.90 Å². The predicted molar refractivity (Wildman–Crippen MR) is 62.7 cm³/mol. The van der Waals surface area contributed by atoms with Gasteiger partial charge < -0.3 is 14.3 Å². The van der Waals surface area contributed by atoms with E-state index < -0.39 is 12.1 Å². The van der Waals surface area contributed by atoms with Crippen molar-refractivity contribution >= 4 is 16.9 Å². The number of carbonyl (C=O) groups excluding carboxylic acids is 1. The molecule has 0 aliphatic carbocycles. The summed E-state index contributed by atoms with van der Waals surface area (Å²) >= 11 is 0. The smallest absolute Gasteiger partial charge is 0.339 e. The second-order valence-electron chi connectivity index (χ2n) is 3.96. The van der Waals surface area contributed by atoms with Gasteiger partial charge in [0.25, 0.3) is 0 Å². The van der Waals surface area contributed by atoms with Gasteiger partial charge in [0, 0.05) is 5.39 Å². The summed E-state index contributed by atoms with van der Waals surface area (Å²) in [6.07, 6.45) is -1.27. The minimum atomic E-state index is -1.27. The fourth-order valence-corrected chi connectivity index (χ4v) is 1.78. The molecule has 0 bridgehead atoms. The molecule has 0 spiro atoms. The summed E-state index contributed by atoms with van der Waals surface area (Å²) < 4.78 is 10.0. The molecule has 0 amide bonds. The van der Waals surface area contributed by atoms with Crippen LogP contribution in [-0.2, 0) is 9.53 Å². The average molecular weight is 234 g/mol. The molecule has 0 aliphatic heterocycles. The van der Waals surface area contributed by atoms with Crippen LogP contribution in [0.25, 0.3) is 11.0 Å². The number of benzene rings is 1. The molecule has 0 aliphatic rings. The molecule has 0 saturated heterocycles. The maximum Gasteiger partial charge on any atom is 0.339 e. The van der Waals surface area contributed by atoms with Crippen molar-refractivity contribution in [2.24, 2.45) is 0 Å². The number of carbonyl (C=O) groups is 1. The number of aryl methyl sites for hydroxylation is 2. The lowest BCUT2D eigenvalue weighted by Crippen LogP contribution is -2.13. The number of hydrogen-bond acceptors (Lipinski definition) is 4. The molecular weight excluding hydrogens is 220 g/mol. The lowest BCUT2D eigenvalue weighted by molar-refractivity contribution is -0.150. The minimum Gasteiger partial charge on any atom is -0.467 e. The molecule has 0 radical (unpaired) electrons. The summed E-state index contributed by atoms with van der Waals surface area (Å²) in [6.45, 7) is 3.85. The fraction of sp³-hybridized carbons (Fsp3) is 0.308. The molecule has 4 nitrogen and oxygen atoms in total. The molecule has 4 heteroatoms.